The van der Waals surface area contributed by atoms with Gasteiger partial charge < -0.3 is 9.47 Å². The lowest BCUT2D eigenvalue weighted by molar-refractivity contribution is -0.0431. The lowest BCUT2D eigenvalue weighted by atomic mass is 10.3. The summed E-state index contributed by atoms with van der Waals surface area (Å²) in [5.74, 6) is 0.453. The van der Waals surface area contributed by atoms with Crippen LogP contribution in [-0.4, -0.2) is 20.5 Å². The zero-order valence-corrected chi connectivity index (χ0v) is 10.1. The minimum absolute atomic E-state index is 0.461. The molecule has 0 saturated carbocycles. The highest BCUT2D eigenvalue weighted by Crippen LogP contribution is 2.40. The minimum Gasteiger partial charge on any atom is -0.449 e. The van der Waals surface area contributed by atoms with Crippen molar-refractivity contribution in [2.24, 2.45) is 0 Å². The Kier molecular flexibility index (Phi) is 2.27. The first-order chi connectivity index (χ1) is 7.25. The first-order valence-corrected chi connectivity index (χ1v) is 6.64. The number of benzene rings is 1. The molecule has 0 aliphatic carbocycles. The summed E-state index contributed by atoms with van der Waals surface area (Å²) in [7, 11) is -3.27. The second-order valence-corrected chi connectivity index (χ2v) is 5.89. The fourth-order valence-electron chi connectivity index (χ4n) is 1.50. The number of sulfonamides is 1. The van der Waals surface area contributed by atoms with Crippen LogP contribution < -0.4 is 14.2 Å². The van der Waals surface area contributed by atoms with Crippen molar-refractivity contribution < 1.29 is 17.9 Å². The molecule has 0 saturated heterocycles. The maximum atomic E-state index is 11.0. The molecule has 88 valence electrons. The summed E-state index contributed by atoms with van der Waals surface area (Å²) in [5.41, 5.74) is 0.461. The Morgan fingerprint density at radius 2 is 1.81 bits per heavy atom. The Hall–Kier alpha value is -1.43. The number of rotatable bonds is 2. The molecule has 1 aromatic carbocycles. The molecule has 16 heavy (non-hydrogen) atoms. The Morgan fingerprint density at radius 3 is 2.44 bits per heavy atom. The van der Waals surface area contributed by atoms with Crippen LogP contribution in [0.1, 0.15) is 13.8 Å². The van der Waals surface area contributed by atoms with Crippen molar-refractivity contribution in [3.05, 3.63) is 18.2 Å². The van der Waals surface area contributed by atoms with Gasteiger partial charge in [-0.2, -0.15) is 0 Å². The van der Waals surface area contributed by atoms with Crippen LogP contribution in [0.5, 0.6) is 11.5 Å². The van der Waals surface area contributed by atoms with Crippen LogP contribution in [0.3, 0.4) is 0 Å². The van der Waals surface area contributed by atoms with Crippen molar-refractivity contribution >= 4 is 15.7 Å². The second-order valence-electron chi connectivity index (χ2n) is 4.14. The van der Waals surface area contributed by atoms with Gasteiger partial charge >= 0.3 is 0 Å². The molecule has 0 unspecified atom stereocenters. The summed E-state index contributed by atoms with van der Waals surface area (Å²) >= 11 is 0. The summed E-state index contributed by atoms with van der Waals surface area (Å²) in [5, 5.41) is 0. The van der Waals surface area contributed by atoms with Gasteiger partial charge in [-0.25, -0.2) is 8.42 Å². The van der Waals surface area contributed by atoms with Gasteiger partial charge in [0.2, 0.25) is 15.8 Å². The first-order valence-electron chi connectivity index (χ1n) is 4.75. The van der Waals surface area contributed by atoms with E-state index in [1.54, 1.807) is 32.0 Å². The summed E-state index contributed by atoms with van der Waals surface area (Å²) < 4.78 is 35.4. The van der Waals surface area contributed by atoms with E-state index < -0.39 is 15.8 Å². The highest BCUT2D eigenvalue weighted by atomic mass is 32.2. The van der Waals surface area contributed by atoms with E-state index in [4.69, 9.17) is 9.47 Å². The molecule has 2 rings (SSSR count). The summed E-state index contributed by atoms with van der Waals surface area (Å²) in [6.45, 7) is 3.58. The fourth-order valence-corrected chi connectivity index (χ4v) is 2.06. The maximum absolute atomic E-state index is 11.0. The monoisotopic (exact) mass is 243 g/mol. The van der Waals surface area contributed by atoms with E-state index in [1.165, 1.54) is 0 Å². The molecule has 0 bridgehead atoms. The van der Waals surface area contributed by atoms with E-state index in [0.29, 0.717) is 17.2 Å². The molecule has 6 heteroatoms. The second kappa shape index (κ2) is 3.28. The smallest absolute Gasteiger partial charge is 0.246 e. The van der Waals surface area contributed by atoms with Crippen molar-refractivity contribution in [3.63, 3.8) is 0 Å². The number of hydrogen-bond donors (Lipinski definition) is 1. The van der Waals surface area contributed by atoms with E-state index in [1.807, 2.05) is 0 Å². The third-order valence-corrected chi connectivity index (χ3v) is 2.56. The molecule has 1 aromatic rings. The van der Waals surface area contributed by atoms with Crippen LogP contribution in [0.4, 0.5) is 5.69 Å². The minimum atomic E-state index is -3.27. The van der Waals surface area contributed by atoms with Gasteiger partial charge in [0.1, 0.15) is 0 Å². The Morgan fingerprint density at radius 1 is 1.19 bits per heavy atom. The summed E-state index contributed by atoms with van der Waals surface area (Å²) in [6.07, 6.45) is 1.10. The normalized spacial score (nSPS) is 17.2. The summed E-state index contributed by atoms with van der Waals surface area (Å²) in [4.78, 5) is 0. The molecule has 5 nitrogen and oxygen atoms in total. The van der Waals surface area contributed by atoms with Crippen molar-refractivity contribution in [1.82, 2.24) is 0 Å². The number of hydrogen-bond acceptors (Lipinski definition) is 4. The van der Waals surface area contributed by atoms with Crippen molar-refractivity contribution in [2.75, 3.05) is 11.0 Å². The largest absolute Gasteiger partial charge is 0.449 e. The number of fused-ring (bicyclic) bond motifs is 1. The van der Waals surface area contributed by atoms with Crippen molar-refractivity contribution in [3.8, 4) is 11.5 Å². The van der Waals surface area contributed by atoms with Gasteiger partial charge in [0.25, 0.3) is 0 Å². The van der Waals surface area contributed by atoms with Gasteiger partial charge in [-0.1, -0.05) is 0 Å². The molecule has 1 aliphatic rings. The van der Waals surface area contributed by atoms with E-state index in [0.717, 1.165) is 6.26 Å². The van der Waals surface area contributed by atoms with Gasteiger partial charge in [-0.3, -0.25) is 4.72 Å². The third-order valence-electron chi connectivity index (χ3n) is 1.96. The van der Waals surface area contributed by atoms with Gasteiger partial charge in [0, 0.05) is 19.9 Å². The van der Waals surface area contributed by atoms with E-state index in [2.05, 4.69) is 4.72 Å². The highest BCUT2D eigenvalue weighted by molar-refractivity contribution is 7.92. The molecule has 1 N–H and O–H groups in total. The predicted octanol–water partition coefficient (Wildman–Crippen LogP) is 1.57. The Labute approximate surface area is 94.4 Å². The molecule has 0 atom stereocenters. The predicted molar refractivity (Wildman–Crippen MR) is 60.2 cm³/mol. The average molecular weight is 243 g/mol. The van der Waals surface area contributed by atoms with Gasteiger partial charge in [0.15, 0.2) is 11.5 Å². The number of nitrogens with one attached hydrogen (secondary N) is 1. The van der Waals surface area contributed by atoms with E-state index in [-0.39, 0.29) is 0 Å². The lowest BCUT2D eigenvalue weighted by Crippen LogP contribution is -2.29. The molecule has 0 radical (unpaired) electrons. The zero-order chi connectivity index (χ0) is 12.0. The first kappa shape index (κ1) is 11.1. The average Bonchev–Trinajstić information content (AvgIpc) is 2.34. The Bertz CT molecular complexity index is 522. The maximum Gasteiger partial charge on any atom is 0.246 e. The van der Waals surface area contributed by atoms with Gasteiger partial charge in [0.05, 0.1) is 11.9 Å². The van der Waals surface area contributed by atoms with Gasteiger partial charge in [-0.15, -0.1) is 0 Å². The number of anilines is 1. The van der Waals surface area contributed by atoms with E-state index >= 15 is 0 Å². The van der Waals surface area contributed by atoms with Crippen LogP contribution in [0.25, 0.3) is 0 Å². The van der Waals surface area contributed by atoms with Crippen LogP contribution in [0, 0.1) is 0 Å². The molecule has 1 aliphatic heterocycles. The van der Waals surface area contributed by atoms with Crippen LogP contribution >= 0.6 is 0 Å². The molecule has 0 aromatic heterocycles. The zero-order valence-electron chi connectivity index (χ0n) is 9.27. The lowest BCUT2D eigenvalue weighted by Gasteiger charge is -2.16. The van der Waals surface area contributed by atoms with E-state index in [9.17, 15) is 8.42 Å². The van der Waals surface area contributed by atoms with Crippen molar-refractivity contribution in [1.29, 1.82) is 0 Å². The fraction of sp³-hybridized carbons (Fsp3) is 0.400. The van der Waals surface area contributed by atoms with Crippen LogP contribution in [0.15, 0.2) is 18.2 Å². The molecule has 1 heterocycles. The van der Waals surface area contributed by atoms with Crippen LogP contribution in [-0.2, 0) is 10.0 Å². The molecule has 0 amide bonds. The quantitative estimate of drug-likeness (QED) is 0.856. The third kappa shape index (κ3) is 2.38. The highest BCUT2D eigenvalue weighted by Gasteiger charge is 2.31. The van der Waals surface area contributed by atoms with Crippen LogP contribution in [0.2, 0.25) is 0 Å². The molecule has 0 fully saturated rings. The standard InChI is InChI=1S/C10H13NO4S/c1-10(2)14-8-5-4-7(6-9(8)15-10)11-16(3,12)13/h4-6,11H,1-3H3. The summed E-state index contributed by atoms with van der Waals surface area (Å²) in [6, 6.07) is 4.91. The Balaban J connectivity index is 2.30. The molecule has 0 spiro atoms. The molecular formula is C10H13NO4S. The molecular weight excluding hydrogens is 230 g/mol. The van der Waals surface area contributed by atoms with Gasteiger partial charge in [-0.05, 0) is 12.1 Å². The number of ether oxygens (including phenoxy) is 2. The SMILES string of the molecule is CC1(C)Oc2ccc(NS(C)(=O)=O)cc2O1. The van der Waals surface area contributed by atoms with Crippen molar-refractivity contribution in [2.45, 2.75) is 19.6 Å². The topological polar surface area (TPSA) is 64.6 Å².